The van der Waals surface area contributed by atoms with E-state index < -0.39 is 0 Å². The third-order valence-electron chi connectivity index (χ3n) is 3.53. The second-order valence-electron chi connectivity index (χ2n) is 4.98. The number of benzene rings is 2. The van der Waals surface area contributed by atoms with Gasteiger partial charge in [-0.3, -0.25) is 0 Å². The molecule has 0 bridgehead atoms. The highest BCUT2D eigenvalue weighted by Gasteiger charge is 2.14. The molecule has 2 aromatic rings. The lowest BCUT2D eigenvalue weighted by Gasteiger charge is -2.20. The molecule has 0 atom stereocenters. The van der Waals surface area contributed by atoms with Gasteiger partial charge in [0.1, 0.15) is 25.6 Å². The number of nitrogen functional groups attached to an aromatic ring is 1. The molecule has 2 aromatic carbocycles. The maximum atomic E-state index is 6.04. The molecule has 110 valence electrons. The van der Waals surface area contributed by atoms with Crippen molar-refractivity contribution in [2.45, 2.75) is 20.0 Å². The van der Waals surface area contributed by atoms with E-state index in [-0.39, 0.29) is 0 Å². The Hall–Kier alpha value is -2.36. The Morgan fingerprint density at radius 2 is 1.71 bits per heavy atom. The molecule has 21 heavy (non-hydrogen) atoms. The van der Waals surface area contributed by atoms with Crippen LogP contribution < -0.4 is 19.9 Å². The van der Waals surface area contributed by atoms with Gasteiger partial charge in [-0.1, -0.05) is 19.1 Å². The van der Waals surface area contributed by atoms with Gasteiger partial charge in [-0.15, -0.1) is 0 Å². The molecule has 3 rings (SSSR count). The molecule has 0 radical (unpaired) electrons. The number of hydrogen-bond acceptors (Lipinski definition) is 4. The smallest absolute Gasteiger partial charge is 0.163 e. The maximum Gasteiger partial charge on any atom is 0.163 e. The summed E-state index contributed by atoms with van der Waals surface area (Å²) in [7, 11) is 0. The lowest BCUT2D eigenvalue weighted by atomic mass is 10.1. The van der Waals surface area contributed by atoms with Gasteiger partial charge in [-0.05, 0) is 30.2 Å². The fourth-order valence-corrected chi connectivity index (χ4v) is 2.25. The molecule has 0 saturated heterocycles. The summed E-state index contributed by atoms with van der Waals surface area (Å²) in [6.07, 6.45) is 1.02. The Balaban J connectivity index is 1.72. The maximum absolute atomic E-state index is 6.04. The summed E-state index contributed by atoms with van der Waals surface area (Å²) in [5.74, 6) is 2.27. The van der Waals surface area contributed by atoms with Crippen molar-refractivity contribution in [3.8, 4) is 17.2 Å². The highest BCUT2D eigenvalue weighted by molar-refractivity contribution is 5.58. The first-order chi connectivity index (χ1) is 10.3. The molecule has 1 heterocycles. The van der Waals surface area contributed by atoms with Crippen LogP contribution in [-0.4, -0.2) is 13.2 Å². The number of anilines is 1. The third-order valence-corrected chi connectivity index (χ3v) is 3.53. The van der Waals surface area contributed by atoms with Gasteiger partial charge in [-0.2, -0.15) is 0 Å². The summed E-state index contributed by atoms with van der Waals surface area (Å²) in [4.78, 5) is 0. The molecule has 2 N–H and O–H groups in total. The van der Waals surface area contributed by atoms with Crippen LogP contribution in [0.1, 0.15) is 18.1 Å². The zero-order valence-corrected chi connectivity index (χ0v) is 12.1. The first kappa shape index (κ1) is 13.6. The molecule has 0 saturated carbocycles. The van der Waals surface area contributed by atoms with Crippen LogP contribution in [0.15, 0.2) is 36.4 Å². The number of fused-ring (bicyclic) bond motifs is 1. The Labute approximate surface area is 124 Å². The average Bonchev–Trinajstić information content (AvgIpc) is 2.53. The molecule has 0 unspecified atom stereocenters. The number of ether oxygens (including phenoxy) is 3. The summed E-state index contributed by atoms with van der Waals surface area (Å²) >= 11 is 0. The molecular weight excluding hydrogens is 266 g/mol. The van der Waals surface area contributed by atoms with Crippen LogP contribution in [0.5, 0.6) is 17.2 Å². The van der Waals surface area contributed by atoms with Gasteiger partial charge in [-0.25, -0.2) is 0 Å². The van der Waals surface area contributed by atoms with E-state index in [4.69, 9.17) is 19.9 Å². The van der Waals surface area contributed by atoms with Crippen molar-refractivity contribution in [1.82, 2.24) is 0 Å². The Bertz CT molecular complexity index is 623. The normalized spacial score (nSPS) is 13.0. The van der Waals surface area contributed by atoms with Crippen molar-refractivity contribution < 1.29 is 14.2 Å². The van der Waals surface area contributed by atoms with Crippen LogP contribution in [0.4, 0.5) is 5.69 Å². The summed E-state index contributed by atoms with van der Waals surface area (Å²) in [6, 6.07) is 11.8. The SMILES string of the molecule is CCc1ccc(OCc2cc3c(cc2N)OCCO3)cc1. The van der Waals surface area contributed by atoms with Crippen LogP contribution in [-0.2, 0) is 13.0 Å². The summed E-state index contributed by atoms with van der Waals surface area (Å²) < 4.78 is 16.9. The fourth-order valence-electron chi connectivity index (χ4n) is 2.25. The summed E-state index contributed by atoms with van der Waals surface area (Å²) in [6.45, 7) is 3.67. The average molecular weight is 285 g/mol. The zero-order chi connectivity index (χ0) is 14.7. The Morgan fingerprint density at radius 1 is 1.05 bits per heavy atom. The van der Waals surface area contributed by atoms with E-state index in [2.05, 4.69) is 19.1 Å². The van der Waals surface area contributed by atoms with Crippen molar-refractivity contribution in [1.29, 1.82) is 0 Å². The van der Waals surface area contributed by atoms with Gasteiger partial charge in [0.05, 0.1) is 0 Å². The molecule has 0 spiro atoms. The van der Waals surface area contributed by atoms with Crippen molar-refractivity contribution in [2.24, 2.45) is 0 Å². The third kappa shape index (κ3) is 3.05. The number of nitrogens with two attached hydrogens (primary N) is 1. The minimum Gasteiger partial charge on any atom is -0.489 e. The second-order valence-corrected chi connectivity index (χ2v) is 4.98. The molecule has 4 heteroatoms. The van der Waals surface area contributed by atoms with Gasteiger partial charge < -0.3 is 19.9 Å². The van der Waals surface area contributed by atoms with Crippen molar-refractivity contribution in [3.05, 3.63) is 47.5 Å². The van der Waals surface area contributed by atoms with Gasteiger partial charge in [0.2, 0.25) is 0 Å². The number of rotatable bonds is 4. The highest BCUT2D eigenvalue weighted by Crippen LogP contribution is 2.34. The van der Waals surface area contributed by atoms with Gasteiger partial charge in [0.25, 0.3) is 0 Å². The molecule has 0 aromatic heterocycles. The standard InChI is InChI=1S/C17H19NO3/c1-2-12-3-5-14(6-4-12)21-11-13-9-16-17(10-15(13)18)20-8-7-19-16/h3-6,9-10H,2,7-8,11,18H2,1H3. The molecule has 0 aliphatic carbocycles. The minimum atomic E-state index is 0.411. The summed E-state index contributed by atoms with van der Waals surface area (Å²) in [5.41, 5.74) is 8.89. The van der Waals surface area contributed by atoms with Gasteiger partial charge in [0, 0.05) is 17.3 Å². The minimum absolute atomic E-state index is 0.411. The quantitative estimate of drug-likeness (QED) is 0.877. The Morgan fingerprint density at radius 3 is 2.38 bits per heavy atom. The van der Waals surface area contributed by atoms with Gasteiger partial charge in [0.15, 0.2) is 11.5 Å². The molecular formula is C17H19NO3. The predicted molar refractivity (Wildman–Crippen MR) is 82.0 cm³/mol. The predicted octanol–water partition coefficient (Wildman–Crippen LogP) is 3.18. The van der Waals surface area contributed by atoms with Crippen LogP contribution in [0.2, 0.25) is 0 Å². The van der Waals surface area contributed by atoms with E-state index in [0.29, 0.717) is 31.3 Å². The van der Waals surface area contributed by atoms with E-state index in [1.807, 2.05) is 18.2 Å². The number of aryl methyl sites for hydroxylation is 1. The first-order valence-corrected chi connectivity index (χ1v) is 7.16. The van der Waals surface area contributed by atoms with Crippen molar-refractivity contribution >= 4 is 5.69 Å². The monoisotopic (exact) mass is 285 g/mol. The van der Waals surface area contributed by atoms with E-state index in [0.717, 1.165) is 23.5 Å². The second kappa shape index (κ2) is 5.95. The van der Waals surface area contributed by atoms with E-state index in [9.17, 15) is 0 Å². The first-order valence-electron chi connectivity index (χ1n) is 7.16. The highest BCUT2D eigenvalue weighted by atomic mass is 16.6. The van der Waals surface area contributed by atoms with E-state index >= 15 is 0 Å². The van der Waals surface area contributed by atoms with Crippen LogP contribution >= 0.6 is 0 Å². The van der Waals surface area contributed by atoms with Crippen molar-refractivity contribution in [2.75, 3.05) is 18.9 Å². The molecule has 1 aliphatic heterocycles. The molecule has 1 aliphatic rings. The summed E-state index contributed by atoms with van der Waals surface area (Å²) in [5, 5.41) is 0. The largest absolute Gasteiger partial charge is 0.489 e. The van der Waals surface area contributed by atoms with E-state index in [1.54, 1.807) is 6.07 Å². The molecule has 0 fully saturated rings. The lowest BCUT2D eigenvalue weighted by molar-refractivity contribution is 0.171. The van der Waals surface area contributed by atoms with Crippen molar-refractivity contribution in [3.63, 3.8) is 0 Å². The molecule has 0 amide bonds. The van der Waals surface area contributed by atoms with Crippen LogP contribution in [0.3, 0.4) is 0 Å². The molecule has 4 nitrogen and oxygen atoms in total. The fraction of sp³-hybridized carbons (Fsp3) is 0.294. The van der Waals surface area contributed by atoms with E-state index in [1.165, 1.54) is 5.56 Å². The van der Waals surface area contributed by atoms with Crippen LogP contribution in [0, 0.1) is 0 Å². The zero-order valence-electron chi connectivity index (χ0n) is 12.1. The topological polar surface area (TPSA) is 53.7 Å². The number of hydrogen-bond donors (Lipinski definition) is 1. The Kier molecular flexibility index (Phi) is 3.86. The van der Waals surface area contributed by atoms with Crippen LogP contribution in [0.25, 0.3) is 0 Å². The van der Waals surface area contributed by atoms with Gasteiger partial charge >= 0.3 is 0 Å². The lowest BCUT2D eigenvalue weighted by Crippen LogP contribution is -2.16.